The highest BCUT2D eigenvalue weighted by molar-refractivity contribution is 7.10. The number of rotatable bonds is 3. The molecular formula is C8H9N3S2. The van der Waals surface area contributed by atoms with E-state index < -0.39 is 0 Å². The van der Waals surface area contributed by atoms with Gasteiger partial charge in [0, 0.05) is 16.4 Å². The van der Waals surface area contributed by atoms with Crippen molar-refractivity contribution in [3.63, 3.8) is 0 Å². The van der Waals surface area contributed by atoms with E-state index in [0.717, 1.165) is 11.5 Å². The van der Waals surface area contributed by atoms with E-state index in [0.29, 0.717) is 0 Å². The third-order valence-corrected chi connectivity index (χ3v) is 3.40. The van der Waals surface area contributed by atoms with E-state index >= 15 is 0 Å². The van der Waals surface area contributed by atoms with Crippen LogP contribution in [0.4, 0.5) is 5.00 Å². The zero-order valence-electron chi connectivity index (χ0n) is 7.15. The van der Waals surface area contributed by atoms with Crippen LogP contribution in [0.1, 0.15) is 10.4 Å². The van der Waals surface area contributed by atoms with Gasteiger partial charge in [0.05, 0.1) is 12.7 Å². The van der Waals surface area contributed by atoms with Gasteiger partial charge in [-0.2, -0.15) is 0 Å². The zero-order chi connectivity index (χ0) is 9.10. The average Bonchev–Trinajstić information content (AvgIpc) is 2.72. The monoisotopic (exact) mass is 211 g/mol. The van der Waals surface area contributed by atoms with Gasteiger partial charge in [-0.1, -0.05) is 4.49 Å². The van der Waals surface area contributed by atoms with E-state index in [9.17, 15) is 0 Å². The summed E-state index contributed by atoms with van der Waals surface area (Å²) in [6, 6.07) is 2.13. The van der Waals surface area contributed by atoms with Gasteiger partial charge in [0.1, 0.15) is 5.00 Å². The molecule has 68 valence electrons. The first-order valence-corrected chi connectivity index (χ1v) is 5.56. The molecule has 0 spiro atoms. The first-order chi connectivity index (χ1) is 6.36. The Kier molecular flexibility index (Phi) is 2.56. The highest BCUT2D eigenvalue weighted by Crippen LogP contribution is 2.18. The lowest BCUT2D eigenvalue weighted by atomic mass is 10.3. The first-order valence-electron chi connectivity index (χ1n) is 3.90. The van der Waals surface area contributed by atoms with Crippen LogP contribution in [0.2, 0.25) is 0 Å². The zero-order valence-corrected chi connectivity index (χ0v) is 8.78. The summed E-state index contributed by atoms with van der Waals surface area (Å²) < 4.78 is 3.78. The maximum Gasteiger partial charge on any atom is 0.130 e. The Morgan fingerprint density at radius 2 is 2.46 bits per heavy atom. The maximum absolute atomic E-state index is 3.78. The summed E-state index contributed by atoms with van der Waals surface area (Å²) in [6.07, 6.45) is 1.74. The Hall–Kier alpha value is -0.940. The summed E-state index contributed by atoms with van der Waals surface area (Å²) in [4.78, 5) is 1.37. The highest BCUT2D eigenvalue weighted by Gasteiger charge is 2.00. The molecule has 1 N–H and O–H groups in total. The fourth-order valence-electron chi connectivity index (χ4n) is 0.998. The summed E-state index contributed by atoms with van der Waals surface area (Å²) in [7, 11) is 0. The van der Waals surface area contributed by atoms with Crippen molar-refractivity contribution >= 4 is 27.9 Å². The summed E-state index contributed by atoms with van der Waals surface area (Å²) in [6.45, 7) is 2.99. The molecule has 0 radical (unpaired) electrons. The summed E-state index contributed by atoms with van der Waals surface area (Å²) >= 11 is 3.16. The molecule has 0 aromatic carbocycles. The van der Waals surface area contributed by atoms with Gasteiger partial charge in [-0.3, -0.25) is 0 Å². The molecule has 2 rings (SSSR count). The molecule has 0 fully saturated rings. The standard InChI is InChI=1S/C8H9N3S2/c1-6-2-3-12-7(6)4-9-8-5-10-11-13-8/h2-3,5,9H,4H2,1H3. The molecule has 5 heteroatoms. The molecular weight excluding hydrogens is 202 g/mol. The summed E-state index contributed by atoms with van der Waals surface area (Å²) in [5.74, 6) is 0. The topological polar surface area (TPSA) is 37.8 Å². The number of thiophene rings is 1. The molecule has 0 amide bonds. The minimum Gasteiger partial charge on any atom is -0.369 e. The molecule has 0 saturated carbocycles. The SMILES string of the molecule is Cc1ccsc1CNc1cnns1. The van der Waals surface area contributed by atoms with Gasteiger partial charge >= 0.3 is 0 Å². The minimum absolute atomic E-state index is 0.868. The number of hydrogen-bond acceptors (Lipinski definition) is 5. The van der Waals surface area contributed by atoms with Gasteiger partial charge in [-0.15, -0.1) is 16.4 Å². The smallest absolute Gasteiger partial charge is 0.130 e. The van der Waals surface area contributed by atoms with Crippen molar-refractivity contribution in [2.75, 3.05) is 5.32 Å². The lowest BCUT2D eigenvalue weighted by Crippen LogP contribution is -1.96. The molecule has 0 bridgehead atoms. The molecule has 0 aliphatic rings. The van der Waals surface area contributed by atoms with Crippen LogP contribution in [-0.2, 0) is 6.54 Å². The Balaban J connectivity index is 1.97. The second-order valence-corrected chi connectivity index (χ2v) is 4.45. The Bertz CT molecular complexity index is 366. The quantitative estimate of drug-likeness (QED) is 0.847. The van der Waals surface area contributed by atoms with Crippen LogP contribution in [0, 0.1) is 6.92 Å². The predicted octanol–water partition coefficient (Wildman–Crippen LogP) is 2.52. The van der Waals surface area contributed by atoms with Gasteiger partial charge < -0.3 is 5.32 Å². The number of aromatic nitrogens is 2. The Morgan fingerprint density at radius 3 is 3.08 bits per heavy atom. The van der Waals surface area contributed by atoms with Crippen molar-refractivity contribution in [2.45, 2.75) is 13.5 Å². The van der Waals surface area contributed by atoms with Crippen molar-refractivity contribution < 1.29 is 0 Å². The largest absolute Gasteiger partial charge is 0.369 e. The molecule has 0 saturated heterocycles. The van der Waals surface area contributed by atoms with E-state index in [1.807, 2.05) is 0 Å². The number of nitrogens with one attached hydrogen (secondary N) is 1. The van der Waals surface area contributed by atoms with E-state index in [4.69, 9.17) is 0 Å². The predicted molar refractivity (Wildman–Crippen MR) is 56.3 cm³/mol. The molecule has 2 heterocycles. The van der Waals surface area contributed by atoms with Gasteiger partial charge in [-0.05, 0) is 23.9 Å². The number of nitrogens with zero attached hydrogens (tertiary/aromatic N) is 2. The van der Waals surface area contributed by atoms with Gasteiger partial charge in [0.2, 0.25) is 0 Å². The van der Waals surface area contributed by atoms with Crippen LogP contribution in [-0.4, -0.2) is 9.59 Å². The molecule has 0 aliphatic carbocycles. The Labute approximate surface area is 84.6 Å². The number of hydrogen-bond donors (Lipinski definition) is 1. The molecule has 3 nitrogen and oxygen atoms in total. The molecule has 2 aromatic heterocycles. The van der Waals surface area contributed by atoms with Crippen molar-refractivity contribution in [1.29, 1.82) is 0 Å². The normalized spacial score (nSPS) is 10.2. The van der Waals surface area contributed by atoms with Crippen molar-refractivity contribution in [3.8, 4) is 0 Å². The van der Waals surface area contributed by atoms with Crippen LogP contribution in [0.5, 0.6) is 0 Å². The Morgan fingerprint density at radius 1 is 1.54 bits per heavy atom. The fraction of sp³-hybridized carbons (Fsp3) is 0.250. The molecule has 0 unspecified atom stereocenters. The lowest BCUT2D eigenvalue weighted by Gasteiger charge is -2.00. The van der Waals surface area contributed by atoms with Crippen molar-refractivity contribution in [1.82, 2.24) is 9.59 Å². The molecule has 0 aliphatic heterocycles. The van der Waals surface area contributed by atoms with Gasteiger partial charge in [-0.25, -0.2) is 0 Å². The molecule has 0 atom stereocenters. The third-order valence-electron chi connectivity index (χ3n) is 1.75. The number of aryl methyl sites for hydroxylation is 1. The molecule has 2 aromatic rings. The van der Waals surface area contributed by atoms with Gasteiger partial charge in [0.15, 0.2) is 0 Å². The minimum atomic E-state index is 0.868. The van der Waals surface area contributed by atoms with Gasteiger partial charge in [0.25, 0.3) is 0 Å². The molecule has 13 heavy (non-hydrogen) atoms. The fourth-order valence-corrected chi connectivity index (χ4v) is 2.26. The van der Waals surface area contributed by atoms with E-state index in [1.165, 1.54) is 22.0 Å². The first kappa shape index (κ1) is 8.65. The lowest BCUT2D eigenvalue weighted by molar-refractivity contribution is 1.14. The van der Waals surface area contributed by atoms with Crippen LogP contribution >= 0.6 is 22.9 Å². The van der Waals surface area contributed by atoms with E-state index in [-0.39, 0.29) is 0 Å². The van der Waals surface area contributed by atoms with Crippen LogP contribution in [0.3, 0.4) is 0 Å². The van der Waals surface area contributed by atoms with Crippen LogP contribution < -0.4 is 5.32 Å². The summed E-state index contributed by atoms with van der Waals surface area (Å²) in [5, 5.41) is 10.2. The second kappa shape index (κ2) is 3.85. The van der Waals surface area contributed by atoms with Crippen LogP contribution in [0.15, 0.2) is 17.6 Å². The third kappa shape index (κ3) is 2.05. The van der Waals surface area contributed by atoms with Crippen molar-refractivity contribution in [2.24, 2.45) is 0 Å². The van der Waals surface area contributed by atoms with E-state index in [1.54, 1.807) is 17.5 Å². The van der Waals surface area contributed by atoms with E-state index in [2.05, 4.69) is 33.3 Å². The average molecular weight is 211 g/mol. The van der Waals surface area contributed by atoms with Crippen LogP contribution in [0.25, 0.3) is 0 Å². The second-order valence-electron chi connectivity index (χ2n) is 2.66. The van der Waals surface area contributed by atoms with Crippen molar-refractivity contribution in [3.05, 3.63) is 28.1 Å². The summed E-state index contributed by atoms with van der Waals surface area (Å²) in [5.41, 5.74) is 1.34. The number of anilines is 1. The highest BCUT2D eigenvalue weighted by atomic mass is 32.1. The maximum atomic E-state index is 3.78.